The number of ether oxygens (including phenoxy) is 2. The second-order valence-electron chi connectivity index (χ2n) is 7.92. The quantitative estimate of drug-likeness (QED) is 0.531. The van der Waals surface area contributed by atoms with Gasteiger partial charge in [-0.2, -0.15) is 0 Å². The van der Waals surface area contributed by atoms with Crippen molar-refractivity contribution in [2.24, 2.45) is 5.92 Å². The molecule has 160 valence electrons. The largest absolute Gasteiger partial charge is 0.491 e. The number of aliphatic hydroxyl groups is 1. The average Bonchev–Trinajstić information content (AvgIpc) is 2.66. The van der Waals surface area contributed by atoms with Crippen molar-refractivity contribution in [1.82, 2.24) is 0 Å². The van der Waals surface area contributed by atoms with Gasteiger partial charge in [-0.15, -0.1) is 0 Å². The van der Waals surface area contributed by atoms with Crippen LogP contribution in [-0.4, -0.2) is 64.0 Å². The van der Waals surface area contributed by atoms with Crippen LogP contribution in [0, 0.1) is 5.92 Å². The van der Waals surface area contributed by atoms with Gasteiger partial charge >= 0.3 is 0 Å². The minimum absolute atomic E-state index is 0.189. The van der Waals surface area contributed by atoms with E-state index in [4.69, 9.17) is 9.47 Å². The summed E-state index contributed by atoms with van der Waals surface area (Å²) in [5.74, 6) is 1.84. The zero-order valence-electron chi connectivity index (χ0n) is 17.2. The van der Waals surface area contributed by atoms with Gasteiger partial charge < -0.3 is 19.5 Å². The van der Waals surface area contributed by atoms with Crippen LogP contribution in [0.15, 0.2) is 24.3 Å². The van der Waals surface area contributed by atoms with Crippen molar-refractivity contribution in [1.29, 1.82) is 0 Å². The van der Waals surface area contributed by atoms with Crippen LogP contribution in [0.25, 0.3) is 0 Å². The Morgan fingerprint density at radius 2 is 1.71 bits per heavy atom. The number of hydrogen-bond donors (Lipinski definition) is 1. The van der Waals surface area contributed by atoms with Gasteiger partial charge in [-0.25, -0.2) is 8.42 Å². The molecule has 2 rings (SSSR count). The van der Waals surface area contributed by atoms with E-state index >= 15 is 0 Å². The normalized spacial score (nSPS) is 17.6. The topological polar surface area (TPSA) is 76.1 Å². The van der Waals surface area contributed by atoms with Crippen molar-refractivity contribution in [3.8, 4) is 5.75 Å². The van der Waals surface area contributed by atoms with Crippen molar-refractivity contribution < 1.29 is 23.0 Å². The number of anilines is 1. The molecule has 0 spiro atoms. The third-order valence-corrected chi connectivity index (χ3v) is 6.48. The molecule has 1 aliphatic rings. The SMILES string of the molecule is CC(C)CCCCCOCC(O)COc1ccc(N2CCS(=O)(=O)CC2)cc1. The third kappa shape index (κ3) is 8.80. The molecule has 0 aliphatic carbocycles. The summed E-state index contributed by atoms with van der Waals surface area (Å²) in [7, 11) is -2.87. The maximum atomic E-state index is 11.5. The molecule has 1 heterocycles. The molecule has 1 unspecified atom stereocenters. The monoisotopic (exact) mass is 413 g/mol. The third-order valence-electron chi connectivity index (χ3n) is 4.87. The molecule has 0 amide bonds. The van der Waals surface area contributed by atoms with Crippen molar-refractivity contribution in [2.45, 2.75) is 45.6 Å². The predicted molar refractivity (Wildman–Crippen MR) is 113 cm³/mol. The summed E-state index contributed by atoms with van der Waals surface area (Å²) in [5, 5.41) is 9.98. The number of sulfone groups is 1. The van der Waals surface area contributed by atoms with Gasteiger partial charge in [0.05, 0.1) is 18.1 Å². The van der Waals surface area contributed by atoms with Gasteiger partial charge in [0.25, 0.3) is 0 Å². The van der Waals surface area contributed by atoms with Gasteiger partial charge in [-0.1, -0.05) is 33.1 Å². The molecule has 7 heteroatoms. The number of aliphatic hydroxyl groups excluding tert-OH is 1. The molecule has 6 nitrogen and oxygen atoms in total. The Morgan fingerprint density at radius 3 is 2.36 bits per heavy atom. The summed E-state index contributed by atoms with van der Waals surface area (Å²) < 4.78 is 34.2. The molecule has 1 N–H and O–H groups in total. The van der Waals surface area contributed by atoms with Crippen LogP contribution in [0.4, 0.5) is 5.69 Å². The van der Waals surface area contributed by atoms with E-state index in [1.165, 1.54) is 19.3 Å². The molecule has 28 heavy (non-hydrogen) atoms. The first-order valence-electron chi connectivity index (χ1n) is 10.3. The van der Waals surface area contributed by atoms with Gasteiger partial charge in [0, 0.05) is 25.4 Å². The van der Waals surface area contributed by atoms with Crippen LogP contribution in [0.5, 0.6) is 5.75 Å². The predicted octanol–water partition coefficient (Wildman–Crippen LogP) is 2.89. The van der Waals surface area contributed by atoms with E-state index in [0.29, 0.717) is 25.4 Å². The van der Waals surface area contributed by atoms with Crippen LogP contribution >= 0.6 is 0 Å². The summed E-state index contributed by atoms with van der Waals surface area (Å²) in [4.78, 5) is 2.06. The van der Waals surface area contributed by atoms with E-state index in [9.17, 15) is 13.5 Å². The van der Waals surface area contributed by atoms with E-state index in [0.717, 1.165) is 18.0 Å². The lowest BCUT2D eigenvalue weighted by atomic mass is 10.1. The van der Waals surface area contributed by atoms with Gasteiger partial charge in [0.1, 0.15) is 18.5 Å². The molecule has 1 saturated heterocycles. The van der Waals surface area contributed by atoms with Gasteiger partial charge in [0.2, 0.25) is 0 Å². The van der Waals surface area contributed by atoms with E-state index in [-0.39, 0.29) is 24.7 Å². The molecule has 0 aromatic heterocycles. The molecule has 0 saturated carbocycles. The van der Waals surface area contributed by atoms with Crippen molar-refractivity contribution >= 4 is 15.5 Å². The maximum absolute atomic E-state index is 11.5. The highest BCUT2D eigenvalue weighted by Gasteiger charge is 2.21. The standard InChI is InChI=1S/C21H35NO5S/c1-18(2)6-4-3-5-13-26-16-20(23)17-27-21-9-7-19(8-10-21)22-11-14-28(24,25)15-12-22/h7-10,18,20,23H,3-6,11-17H2,1-2H3. The Morgan fingerprint density at radius 1 is 1.04 bits per heavy atom. The minimum Gasteiger partial charge on any atom is -0.491 e. The maximum Gasteiger partial charge on any atom is 0.153 e. The van der Waals surface area contributed by atoms with E-state index in [2.05, 4.69) is 18.7 Å². The fraction of sp³-hybridized carbons (Fsp3) is 0.714. The summed E-state index contributed by atoms with van der Waals surface area (Å²) in [6, 6.07) is 7.54. The zero-order valence-corrected chi connectivity index (χ0v) is 18.0. The lowest BCUT2D eigenvalue weighted by Crippen LogP contribution is -2.40. The first-order valence-corrected chi connectivity index (χ1v) is 12.1. The van der Waals surface area contributed by atoms with Crippen molar-refractivity contribution in [2.75, 3.05) is 49.3 Å². The highest BCUT2D eigenvalue weighted by atomic mass is 32.2. The average molecular weight is 414 g/mol. The highest BCUT2D eigenvalue weighted by Crippen LogP contribution is 2.21. The van der Waals surface area contributed by atoms with Gasteiger partial charge in [-0.3, -0.25) is 0 Å². The molecular formula is C21H35NO5S. The molecule has 1 fully saturated rings. The fourth-order valence-electron chi connectivity index (χ4n) is 3.12. The smallest absolute Gasteiger partial charge is 0.153 e. The summed E-state index contributed by atoms with van der Waals surface area (Å²) in [6.07, 6.45) is 4.03. The molecule has 0 radical (unpaired) electrons. The van der Waals surface area contributed by atoms with Crippen LogP contribution in [0.3, 0.4) is 0 Å². The number of benzene rings is 1. The van der Waals surface area contributed by atoms with E-state index in [1.807, 2.05) is 24.3 Å². The summed E-state index contributed by atoms with van der Waals surface area (Å²) in [5.41, 5.74) is 0.989. The lowest BCUT2D eigenvalue weighted by molar-refractivity contribution is 0.0109. The van der Waals surface area contributed by atoms with Crippen LogP contribution < -0.4 is 9.64 Å². The van der Waals surface area contributed by atoms with Gasteiger partial charge in [0.15, 0.2) is 9.84 Å². The zero-order chi connectivity index (χ0) is 20.4. The first kappa shape index (κ1) is 23.0. The lowest BCUT2D eigenvalue weighted by Gasteiger charge is -2.28. The molecule has 1 aliphatic heterocycles. The number of hydrogen-bond acceptors (Lipinski definition) is 6. The Labute approximate surface area is 169 Å². The van der Waals surface area contributed by atoms with Crippen LogP contribution in [0.1, 0.15) is 39.5 Å². The van der Waals surface area contributed by atoms with E-state index in [1.54, 1.807) is 0 Å². The number of rotatable bonds is 12. The van der Waals surface area contributed by atoms with Crippen molar-refractivity contribution in [3.63, 3.8) is 0 Å². The summed E-state index contributed by atoms with van der Waals surface area (Å²) in [6.45, 7) is 6.67. The summed E-state index contributed by atoms with van der Waals surface area (Å²) >= 11 is 0. The second-order valence-corrected chi connectivity index (χ2v) is 10.2. The molecule has 1 aromatic rings. The number of unbranched alkanes of at least 4 members (excludes halogenated alkanes) is 2. The van der Waals surface area contributed by atoms with Gasteiger partial charge in [-0.05, 0) is 36.6 Å². The highest BCUT2D eigenvalue weighted by molar-refractivity contribution is 7.91. The molecular weight excluding hydrogens is 378 g/mol. The van der Waals surface area contributed by atoms with Crippen molar-refractivity contribution in [3.05, 3.63) is 24.3 Å². The molecule has 1 aromatic carbocycles. The Hall–Kier alpha value is -1.31. The van der Waals surface area contributed by atoms with E-state index < -0.39 is 15.9 Å². The van der Waals surface area contributed by atoms with Crippen LogP contribution in [-0.2, 0) is 14.6 Å². The Bertz CT molecular complexity index is 646. The first-order chi connectivity index (χ1) is 13.4. The Balaban J connectivity index is 1.59. The minimum atomic E-state index is -2.87. The molecule has 1 atom stereocenters. The van der Waals surface area contributed by atoms with Crippen LogP contribution in [0.2, 0.25) is 0 Å². The Kier molecular flexibility index (Phi) is 9.55. The number of nitrogens with zero attached hydrogens (tertiary/aromatic N) is 1. The molecule has 0 bridgehead atoms. The second kappa shape index (κ2) is 11.6. The fourth-order valence-corrected chi connectivity index (χ4v) is 4.32.